The first-order chi connectivity index (χ1) is 20.7. The summed E-state index contributed by atoms with van der Waals surface area (Å²) in [4.78, 5) is 24.3. The van der Waals surface area contributed by atoms with Crippen LogP contribution in [0.2, 0.25) is 0 Å². The Kier molecular flexibility index (Phi) is 8.02. The summed E-state index contributed by atoms with van der Waals surface area (Å²) in [6.07, 6.45) is 5.79. The van der Waals surface area contributed by atoms with Gasteiger partial charge in [0.05, 0.1) is 23.1 Å². The molecule has 6 rings (SSSR count). The number of nitrogens with one attached hydrogen (secondary N) is 1. The maximum atomic E-state index is 13.5. The van der Waals surface area contributed by atoms with E-state index < -0.39 is 28.7 Å². The molecule has 0 bridgehead atoms. The predicted molar refractivity (Wildman–Crippen MR) is 157 cm³/mol. The van der Waals surface area contributed by atoms with Crippen molar-refractivity contribution in [1.82, 2.24) is 15.3 Å². The van der Waals surface area contributed by atoms with E-state index in [0.29, 0.717) is 67.3 Å². The molecule has 2 aromatic heterocycles. The Morgan fingerprint density at radius 3 is 2.44 bits per heavy atom. The number of nitriles is 1. The van der Waals surface area contributed by atoms with Crippen LogP contribution in [0, 0.1) is 17.2 Å². The standard InChI is InChI=1S/C30H33F2N5O5S/c31-29(32)41-24-10-7-20(17-34-24)28-35-25(19-5-8-21(9-6-19)37-13-15-43(39,40)16-14-37)26(42-28)22-3-1-2-4-23(22)27(38)36-30(18-33)11-12-30/h5-10,17,22-23,29,39-40H,1-4,11-16H2,(H,36,38)/t22-,23-/m1/s1. The molecule has 0 unspecified atom stereocenters. The minimum Gasteiger partial charge on any atom is -0.440 e. The van der Waals surface area contributed by atoms with Gasteiger partial charge in [-0.2, -0.15) is 24.6 Å². The highest BCUT2D eigenvalue weighted by Gasteiger charge is 2.47. The zero-order valence-electron chi connectivity index (χ0n) is 23.4. The third-order valence-corrected chi connectivity index (χ3v) is 10.2. The second-order valence-electron chi connectivity index (χ2n) is 11.4. The maximum Gasteiger partial charge on any atom is 0.388 e. The number of carbonyl (C=O) groups excluding carboxylic acids is 1. The fourth-order valence-corrected chi connectivity index (χ4v) is 7.10. The van der Waals surface area contributed by atoms with Crippen molar-refractivity contribution in [3.63, 3.8) is 0 Å². The van der Waals surface area contributed by atoms with Crippen LogP contribution in [0.5, 0.6) is 5.88 Å². The van der Waals surface area contributed by atoms with E-state index >= 15 is 0 Å². The van der Waals surface area contributed by atoms with Crippen LogP contribution in [0.15, 0.2) is 47.0 Å². The van der Waals surface area contributed by atoms with Gasteiger partial charge in [-0.25, -0.2) is 9.97 Å². The molecular weight excluding hydrogens is 580 g/mol. The summed E-state index contributed by atoms with van der Waals surface area (Å²) in [6.45, 7) is -1.91. The number of oxazole rings is 1. The first kappa shape index (κ1) is 29.3. The molecule has 1 amide bonds. The average Bonchev–Trinajstić information content (AvgIpc) is 3.64. The van der Waals surface area contributed by atoms with E-state index in [1.807, 2.05) is 24.3 Å². The third-order valence-electron chi connectivity index (χ3n) is 8.49. The number of benzene rings is 1. The van der Waals surface area contributed by atoms with Crippen LogP contribution in [0.4, 0.5) is 14.5 Å². The van der Waals surface area contributed by atoms with Gasteiger partial charge >= 0.3 is 6.61 Å². The van der Waals surface area contributed by atoms with E-state index in [0.717, 1.165) is 24.1 Å². The number of halogens is 2. The molecule has 0 radical (unpaired) electrons. The number of aromatic nitrogens is 2. The number of anilines is 1. The van der Waals surface area contributed by atoms with Gasteiger partial charge in [-0.15, -0.1) is 0 Å². The van der Waals surface area contributed by atoms with E-state index in [-0.39, 0.29) is 23.6 Å². The summed E-state index contributed by atoms with van der Waals surface area (Å²) < 4.78 is 56.0. The summed E-state index contributed by atoms with van der Waals surface area (Å²) in [5, 5.41) is 12.5. The molecule has 3 fully saturated rings. The molecule has 2 saturated carbocycles. The number of rotatable bonds is 8. The lowest BCUT2D eigenvalue weighted by Gasteiger charge is -2.41. The first-order valence-corrected chi connectivity index (χ1v) is 16.3. The largest absolute Gasteiger partial charge is 0.440 e. The van der Waals surface area contributed by atoms with E-state index in [9.17, 15) is 27.9 Å². The highest BCUT2D eigenvalue weighted by molar-refractivity contribution is 8.24. The van der Waals surface area contributed by atoms with Crippen LogP contribution >= 0.6 is 10.6 Å². The van der Waals surface area contributed by atoms with Crippen molar-refractivity contribution in [2.75, 3.05) is 29.5 Å². The molecule has 10 nitrogen and oxygen atoms in total. The Labute approximate surface area is 249 Å². The Morgan fingerprint density at radius 2 is 1.81 bits per heavy atom. The van der Waals surface area contributed by atoms with E-state index in [2.05, 4.69) is 26.0 Å². The minimum absolute atomic E-state index is 0.158. The minimum atomic E-state index is -2.99. The number of ether oxygens (including phenoxy) is 1. The second-order valence-corrected chi connectivity index (χ2v) is 13.8. The predicted octanol–water partition coefficient (Wildman–Crippen LogP) is 6.02. The number of pyridine rings is 1. The second kappa shape index (κ2) is 11.7. The first-order valence-electron chi connectivity index (χ1n) is 14.4. The molecule has 13 heteroatoms. The topological polar surface area (TPSA) is 145 Å². The lowest BCUT2D eigenvalue weighted by molar-refractivity contribution is -0.127. The maximum absolute atomic E-state index is 13.5. The normalized spacial score (nSPS) is 23.3. The molecular formula is C30H33F2N5O5S. The van der Waals surface area contributed by atoms with Gasteiger partial charge < -0.3 is 19.4 Å². The van der Waals surface area contributed by atoms with E-state index in [1.54, 1.807) is 6.07 Å². The number of alkyl halides is 2. The summed E-state index contributed by atoms with van der Waals surface area (Å²) >= 11 is 0. The monoisotopic (exact) mass is 613 g/mol. The van der Waals surface area contributed by atoms with Crippen molar-refractivity contribution < 1.29 is 31.8 Å². The SMILES string of the molecule is N#CC1(NC(=O)[C@@H]2CCCC[C@H]2c2oc(-c3ccc(OC(F)F)nc3)nc2-c2ccc(N3CCS(O)(O)CC3)cc2)CC1. The van der Waals surface area contributed by atoms with Gasteiger partial charge in [0.1, 0.15) is 17.0 Å². The van der Waals surface area contributed by atoms with E-state index in [1.165, 1.54) is 12.3 Å². The third kappa shape index (κ3) is 6.46. The molecule has 1 aliphatic heterocycles. The van der Waals surface area contributed by atoms with Gasteiger partial charge in [-0.1, -0.05) is 25.0 Å². The van der Waals surface area contributed by atoms with Crippen LogP contribution in [-0.2, 0) is 4.79 Å². The number of nitrogens with zero attached hydrogens (tertiary/aromatic N) is 4. The Hall–Kier alpha value is -3.73. The molecule has 3 N–H and O–H groups in total. The Bertz CT molecular complexity index is 1490. The van der Waals surface area contributed by atoms with Gasteiger partial charge in [-0.05, 0) is 43.9 Å². The van der Waals surface area contributed by atoms with Gasteiger partial charge in [0, 0.05) is 48.4 Å². The van der Waals surface area contributed by atoms with Gasteiger partial charge in [0.2, 0.25) is 17.7 Å². The average molecular weight is 614 g/mol. The summed E-state index contributed by atoms with van der Waals surface area (Å²) in [7, 11) is -2.51. The van der Waals surface area contributed by atoms with Crippen LogP contribution in [0.3, 0.4) is 0 Å². The summed E-state index contributed by atoms with van der Waals surface area (Å²) in [5.41, 5.74) is 1.99. The molecule has 43 heavy (non-hydrogen) atoms. The fourth-order valence-electron chi connectivity index (χ4n) is 5.87. The lowest BCUT2D eigenvalue weighted by Crippen LogP contribution is -2.42. The van der Waals surface area contributed by atoms with Crippen molar-refractivity contribution in [3.8, 4) is 34.7 Å². The van der Waals surface area contributed by atoms with Gasteiger partial charge in [-0.3, -0.25) is 13.9 Å². The van der Waals surface area contributed by atoms with E-state index in [4.69, 9.17) is 9.40 Å². The number of carbonyl (C=O) groups is 1. The van der Waals surface area contributed by atoms with Crippen LogP contribution in [0.1, 0.15) is 50.2 Å². The van der Waals surface area contributed by atoms with Crippen molar-refractivity contribution in [1.29, 1.82) is 5.26 Å². The molecule has 3 aliphatic rings. The van der Waals surface area contributed by atoms with Crippen LogP contribution < -0.4 is 15.0 Å². The van der Waals surface area contributed by atoms with Gasteiger partial charge in [0.25, 0.3) is 0 Å². The van der Waals surface area contributed by atoms with Crippen LogP contribution in [0.25, 0.3) is 22.7 Å². The zero-order chi connectivity index (χ0) is 30.2. The molecule has 0 spiro atoms. The summed E-state index contributed by atoms with van der Waals surface area (Å²) in [6, 6.07) is 12.9. The molecule has 3 heterocycles. The molecule has 2 atom stereocenters. The smallest absolute Gasteiger partial charge is 0.388 e. The molecule has 2 aliphatic carbocycles. The highest BCUT2D eigenvalue weighted by Crippen LogP contribution is 2.45. The molecule has 1 aromatic carbocycles. The Balaban J connectivity index is 1.33. The molecule has 3 aromatic rings. The molecule has 228 valence electrons. The lowest BCUT2D eigenvalue weighted by atomic mass is 9.76. The molecule has 1 saturated heterocycles. The van der Waals surface area contributed by atoms with Crippen molar-refractivity contribution >= 4 is 22.2 Å². The quantitative estimate of drug-likeness (QED) is 0.278. The number of hydrogen-bond donors (Lipinski definition) is 3. The van der Waals surface area contributed by atoms with Gasteiger partial charge in [0.15, 0.2) is 0 Å². The highest BCUT2D eigenvalue weighted by atomic mass is 32.3. The number of hydrogen-bond acceptors (Lipinski definition) is 9. The van der Waals surface area contributed by atoms with Crippen LogP contribution in [-0.4, -0.2) is 61.7 Å². The zero-order valence-corrected chi connectivity index (χ0v) is 24.2. The van der Waals surface area contributed by atoms with Crippen molar-refractivity contribution in [2.45, 2.75) is 56.6 Å². The number of amides is 1. The Morgan fingerprint density at radius 1 is 1.12 bits per heavy atom. The van der Waals surface area contributed by atoms with Crippen molar-refractivity contribution in [2.24, 2.45) is 5.92 Å². The fraction of sp³-hybridized carbons (Fsp3) is 0.467. The summed E-state index contributed by atoms with van der Waals surface area (Å²) in [5.74, 6) is 0.408. The van der Waals surface area contributed by atoms with Crippen molar-refractivity contribution in [3.05, 3.63) is 48.4 Å².